The summed E-state index contributed by atoms with van der Waals surface area (Å²) in [6.45, 7) is 0.437. The van der Waals surface area contributed by atoms with Gasteiger partial charge >= 0.3 is 0 Å². The van der Waals surface area contributed by atoms with Gasteiger partial charge in [0, 0.05) is 18.6 Å². The van der Waals surface area contributed by atoms with Crippen molar-refractivity contribution in [1.82, 2.24) is 19.2 Å². The molecule has 132 valence electrons. The number of hydrogen-bond acceptors (Lipinski definition) is 5. The van der Waals surface area contributed by atoms with E-state index in [-0.39, 0.29) is 11.3 Å². The lowest BCUT2D eigenvalue weighted by atomic mass is 10.2. The molecule has 2 heterocycles. The van der Waals surface area contributed by atoms with Gasteiger partial charge in [-0.05, 0) is 35.9 Å². The maximum atomic E-state index is 12.5. The normalized spacial score (nSPS) is 11.3. The van der Waals surface area contributed by atoms with E-state index in [0.29, 0.717) is 23.7 Å². The molecule has 0 saturated heterocycles. The molecular formula is C18H16BrN5O2. The quantitative estimate of drug-likeness (QED) is 0.558. The zero-order valence-electron chi connectivity index (χ0n) is 14.2. The summed E-state index contributed by atoms with van der Waals surface area (Å²) in [6, 6.07) is 12.4. The summed E-state index contributed by atoms with van der Waals surface area (Å²) in [5.74, 6) is 1.36. The van der Waals surface area contributed by atoms with Crippen molar-refractivity contribution in [3.63, 3.8) is 0 Å². The number of phenols is 1. The summed E-state index contributed by atoms with van der Waals surface area (Å²) in [5.41, 5.74) is 1.41. The fraction of sp³-hybridized carbons (Fsp3) is 0.167. The highest BCUT2D eigenvalue weighted by Crippen LogP contribution is 2.22. The van der Waals surface area contributed by atoms with Crippen molar-refractivity contribution in [1.29, 1.82) is 0 Å². The van der Waals surface area contributed by atoms with Crippen molar-refractivity contribution in [2.45, 2.75) is 6.54 Å². The van der Waals surface area contributed by atoms with Crippen LogP contribution in [-0.4, -0.2) is 38.4 Å². The average molecular weight is 414 g/mol. The van der Waals surface area contributed by atoms with Crippen LogP contribution in [0.2, 0.25) is 0 Å². The van der Waals surface area contributed by atoms with Gasteiger partial charge in [0.05, 0.1) is 17.4 Å². The molecule has 0 aliphatic rings. The van der Waals surface area contributed by atoms with E-state index in [1.54, 1.807) is 22.9 Å². The third kappa shape index (κ3) is 2.72. The predicted octanol–water partition coefficient (Wildman–Crippen LogP) is 2.63. The van der Waals surface area contributed by atoms with Crippen LogP contribution in [0.15, 0.2) is 51.7 Å². The first kappa shape index (κ1) is 16.6. The minimum atomic E-state index is -0.293. The molecule has 4 aromatic rings. The highest BCUT2D eigenvalue weighted by molar-refractivity contribution is 9.10. The van der Waals surface area contributed by atoms with Crippen LogP contribution < -0.4 is 10.5 Å². The Kier molecular flexibility index (Phi) is 3.91. The minimum Gasteiger partial charge on any atom is -0.508 e. The molecule has 0 aliphatic carbocycles. The third-order valence-electron chi connectivity index (χ3n) is 4.14. The topological polar surface area (TPSA) is 75.7 Å². The predicted molar refractivity (Wildman–Crippen MR) is 104 cm³/mol. The molecule has 0 fully saturated rings. The highest BCUT2D eigenvalue weighted by Gasteiger charge is 2.17. The molecule has 0 unspecified atom stereocenters. The van der Waals surface area contributed by atoms with Crippen LogP contribution in [0, 0.1) is 0 Å². The molecule has 0 saturated carbocycles. The summed E-state index contributed by atoms with van der Waals surface area (Å²) < 4.78 is 4.40. The Morgan fingerprint density at radius 3 is 2.58 bits per heavy atom. The molecule has 0 atom stereocenters. The lowest BCUT2D eigenvalue weighted by Crippen LogP contribution is -2.15. The number of aromatic hydroxyl groups is 1. The van der Waals surface area contributed by atoms with Crippen LogP contribution in [0.3, 0.4) is 0 Å². The second kappa shape index (κ2) is 6.14. The van der Waals surface area contributed by atoms with Gasteiger partial charge in [-0.2, -0.15) is 4.98 Å². The zero-order valence-corrected chi connectivity index (χ0v) is 15.8. The number of nitrogens with zero attached hydrogens (tertiary/aromatic N) is 5. The summed E-state index contributed by atoms with van der Waals surface area (Å²) in [5, 5.41) is 14.6. The Morgan fingerprint density at radius 1 is 1.15 bits per heavy atom. The average Bonchev–Trinajstić information content (AvgIpc) is 2.96. The monoisotopic (exact) mass is 413 g/mol. The number of anilines is 1. The number of aromatic nitrogens is 4. The fourth-order valence-corrected chi connectivity index (χ4v) is 3.28. The molecule has 8 heteroatoms. The number of hydrogen-bond donors (Lipinski definition) is 1. The van der Waals surface area contributed by atoms with Crippen molar-refractivity contribution in [3.05, 3.63) is 62.9 Å². The molecule has 0 amide bonds. The van der Waals surface area contributed by atoms with Gasteiger partial charge in [-0.1, -0.05) is 28.1 Å². The fourth-order valence-electron chi connectivity index (χ4n) is 2.92. The molecule has 0 spiro atoms. The summed E-state index contributed by atoms with van der Waals surface area (Å²) in [7, 11) is 3.80. The van der Waals surface area contributed by atoms with Crippen LogP contribution in [0.5, 0.6) is 5.75 Å². The number of benzene rings is 2. The molecule has 4 rings (SSSR count). The second-order valence-corrected chi connectivity index (χ2v) is 7.15. The molecule has 1 N–H and O–H groups in total. The van der Waals surface area contributed by atoms with E-state index >= 15 is 0 Å². The van der Waals surface area contributed by atoms with Crippen LogP contribution in [0.4, 0.5) is 5.95 Å². The first-order valence-electron chi connectivity index (χ1n) is 7.98. The standard InChI is InChI=1S/C18H16BrN5O2/c1-22(2)18-21-23(10-11-3-6-13(25)7-4-11)17-20-16(26)14-9-12(19)5-8-15(14)24(17)18/h3-9,25H,10H2,1-2H3. The highest BCUT2D eigenvalue weighted by atomic mass is 79.9. The van der Waals surface area contributed by atoms with Gasteiger partial charge < -0.3 is 10.0 Å². The first-order valence-corrected chi connectivity index (χ1v) is 8.77. The van der Waals surface area contributed by atoms with Crippen LogP contribution >= 0.6 is 15.9 Å². The first-order chi connectivity index (χ1) is 12.4. The zero-order chi connectivity index (χ0) is 18.4. The van der Waals surface area contributed by atoms with E-state index in [2.05, 4.69) is 26.0 Å². The number of phenolic OH excluding ortho intramolecular Hbond substituents is 1. The van der Waals surface area contributed by atoms with Crippen molar-refractivity contribution in [3.8, 4) is 5.75 Å². The minimum absolute atomic E-state index is 0.207. The SMILES string of the molecule is CN(C)c1nn(Cc2ccc(O)cc2)c2nc(=O)c3cc(Br)ccc3n12. The largest absolute Gasteiger partial charge is 0.508 e. The number of fused-ring (bicyclic) bond motifs is 3. The Bertz CT molecular complexity index is 1180. The Hall–Kier alpha value is -2.87. The van der Waals surface area contributed by atoms with Crippen LogP contribution in [0.1, 0.15) is 5.56 Å². The summed E-state index contributed by atoms with van der Waals surface area (Å²) in [4.78, 5) is 18.7. The maximum absolute atomic E-state index is 12.5. The lowest BCUT2D eigenvalue weighted by molar-refractivity contribution is 0.475. The molecule has 7 nitrogen and oxygen atoms in total. The molecule has 2 aromatic heterocycles. The van der Waals surface area contributed by atoms with Crippen molar-refractivity contribution in [2.75, 3.05) is 19.0 Å². The molecule has 0 bridgehead atoms. The van der Waals surface area contributed by atoms with E-state index in [4.69, 9.17) is 0 Å². The molecule has 26 heavy (non-hydrogen) atoms. The summed E-state index contributed by atoms with van der Waals surface area (Å²) >= 11 is 3.41. The number of rotatable bonds is 3. The maximum Gasteiger partial charge on any atom is 0.282 e. The van der Waals surface area contributed by atoms with Crippen molar-refractivity contribution >= 4 is 38.6 Å². The van der Waals surface area contributed by atoms with E-state index < -0.39 is 0 Å². The molecule has 0 aliphatic heterocycles. The Balaban J connectivity index is 2.00. The van der Waals surface area contributed by atoms with E-state index in [9.17, 15) is 9.90 Å². The van der Waals surface area contributed by atoms with Gasteiger partial charge in [-0.25, -0.2) is 9.08 Å². The summed E-state index contributed by atoms with van der Waals surface area (Å²) in [6.07, 6.45) is 0. The van der Waals surface area contributed by atoms with Gasteiger partial charge in [-0.15, -0.1) is 5.10 Å². The van der Waals surface area contributed by atoms with Crippen LogP contribution in [-0.2, 0) is 6.54 Å². The van der Waals surface area contributed by atoms with E-state index in [0.717, 1.165) is 15.6 Å². The Morgan fingerprint density at radius 2 is 1.88 bits per heavy atom. The molecule has 0 radical (unpaired) electrons. The molecular weight excluding hydrogens is 398 g/mol. The van der Waals surface area contributed by atoms with Gasteiger partial charge in [0.25, 0.3) is 5.56 Å². The van der Waals surface area contributed by atoms with E-state index in [1.807, 2.05) is 47.7 Å². The number of halogens is 1. The van der Waals surface area contributed by atoms with Gasteiger partial charge in [0.2, 0.25) is 11.7 Å². The van der Waals surface area contributed by atoms with Gasteiger partial charge in [0.1, 0.15) is 5.75 Å². The second-order valence-electron chi connectivity index (χ2n) is 6.23. The van der Waals surface area contributed by atoms with Crippen molar-refractivity contribution < 1.29 is 5.11 Å². The lowest BCUT2D eigenvalue weighted by Gasteiger charge is -2.10. The van der Waals surface area contributed by atoms with E-state index in [1.165, 1.54) is 0 Å². The van der Waals surface area contributed by atoms with Gasteiger partial charge in [0.15, 0.2) is 0 Å². The Labute approximate surface area is 157 Å². The third-order valence-corrected chi connectivity index (χ3v) is 4.63. The van der Waals surface area contributed by atoms with Gasteiger partial charge in [-0.3, -0.25) is 4.79 Å². The molecule has 2 aromatic carbocycles. The smallest absolute Gasteiger partial charge is 0.282 e. The van der Waals surface area contributed by atoms with Crippen LogP contribution in [0.25, 0.3) is 16.7 Å². The van der Waals surface area contributed by atoms with Crippen molar-refractivity contribution in [2.24, 2.45) is 0 Å².